The number of benzene rings is 3. The van der Waals surface area contributed by atoms with Crippen molar-refractivity contribution in [1.82, 2.24) is 0 Å². The van der Waals surface area contributed by atoms with Crippen molar-refractivity contribution in [2.24, 2.45) is 0 Å². The van der Waals surface area contributed by atoms with E-state index in [9.17, 15) is 19.8 Å². The highest BCUT2D eigenvalue weighted by Gasteiger charge is 2.42. The summed E-state index contributed by atoms with van der Waals surface area (Å²) in [5.41, 5.74) is 2.02. The molecule has 0 spiro atoms. The van der Waals surface area contributed by atoms with Crippen LogP contribution in [0.2, 0.25) is 0 Å². The van der Waals surface area contributed by atoms with E-state index in [1.54, 1.807) is 55.6 Å². The second-order valence-corrected chi connectivity index (χ2v) is 10.0. The van der Waals surface area contributed by atoms with Crippen LogP contribution in [0.25, 0.3) is 11.0 Å². The van der Waals surface area contributed by atoms with Gasteiger partial charge in [0.2, 0.25) is 0 Å². The molecular formula is C30H29NO8. The Morgan fingerprint density at radius 2 is 1.72 bits per heavy atom. The summed E-state index contributed by atoms with van der Waals surface area (Å²) >= 11 is 0. The highest BCUT2D eigenvalue weighted by Crippen LogP contribution is 2.46. The number of ether oxygens (including phenoxy) is 2. The molecule has 3 N–H and O–H groups in total. The summed E-state index contributed by atoms with van der Waals surface area (Å²) < 4.78 is 17.4. The van der Waals surface area contributed by atoms with Crippen molar-refractivity contribution < 1.29 is 38.8 Å². The van der Waals surface area contributed by atoms with Crippen molar-refractivity contribution in [3.8, 4) is 11.5 Å². The van der Waals surface area contributed by atoms with Gasteiger partial charge in [-0.1, -0.05) is 18.2 Å². The Balaban J connectivity index is 1.43. The molecule has 5 rings (SSSR count). The lowest BCUT2D eigenvalue weighted by molar-refractivity contribution is -0.0339. The Bertz CT molecular complexity index is 1540. The van der Waals surface area contributed by atoms with Crippen LogP contribution < -0.4 is 14.4 Å². The first kappa shape index (κ1) is 26.4. The summed E-state index contributed by atoms with van der Waals surface area (Å²) in [6, 6.07) is 19.1. The molecule has 202 valence electrons. The van der Waals surface area contributed by atoms with Crippen LogP contribution in [0.3, 0.4) is 0 Å². The van der Waals surface area contributed by atoms with Gasteiger partial charge < -0.3 is 29.2 Å². The predicted molar refractivity (Wildman–Crippen MR) is 144 cm³/mol. The fraction of sp³-hybridized carbons (Fsp3) is 0.267. The number of fused-ring (bicyclic) bond motifs is 4. The third-order valence-electron chi connectivity index (χ3n) is 7.04. The number of hydrogen-bond donors (Lipinski definition) is 3. The van der Waals surface area contributed by atoms with Gasteiger partial charge in [0.25, 0.3) is 0 Å². The molecule has 9 heteroatoms. The van der Waals surface area contributed by atoms with Gasteiger partial charge in [-0.05, 0) is 61.9 Å². The predicted octanol–water partition coefficient (Wildman–Crippen LogP) is 4.03. The lowest BCUT2D eigenvalue weighted by Gasteiger charge is -2.31. The number of aliphatic hydroxyl groups excluding tert-OH is 3. The molecule has 9 nitrogen and oxygen atoms in total. The van der Waals surface area contributed by atoms with Crippen LogP contribution in [-0.4, -0.2) is 59.7 Å². The minimum atomic E-state index is -1.32. The second kappa shape index (κ2) is 10.2. The molecule has 0 saturated heterocycles. The second-order valence-electron chi connectivity index (χ2n) is 10.0. The molecule has 4 aromatic rings. The van der Waals surface area contributed by atoms with E-state index in [1.165, 1.54) is 4.90 Å². The summed E-state index contributed by atoms with van der Waals surface area (Å²) in [5, 5.41) is 29.1. The van der Waals surface area contributed by atoms with Crippen molar-refractivity contribution >= 4 is 28.5 Å². The molecule has 1 amide bonds. The molecule has 1 aliphatic rings. The molecule has 2 atom stereocenters. The first-order valence-electron chi connectivity index (χ1n) is 12.5. The summed E-state index contributed by atoms with van der Waals surface area (Å²) in [6.45, 7) is 3.05. The van der Waals surface area contributed by atoms with Crippen LogP contribution >= 0.6 is 0 Å². The van der Waals surface area contributed by atoms with E-state index < -0.39 is 30.3 Å². The average molecular weight is 532 g/mol. The van der Waals surface area contributed by atoms with E-state index in [1.807, 2.05) is 32.0 Å². The van der Waals surface area contributed by atoms with Gasteiger partial charge in [0, 0.05) is 35.2 Å². The number of amides is 1. The number of carbonyl (C=O) groups is 2. The van der Waals surface area contributed by atoms with Gasteiger partial charge in [-0.3, -0.25) is 9.69 Å². The van der Waals surface area contributed by atoms with E-state index in [2.05, 4.69) is 0 Å². The quantitative estimate of drug-likeness (QED) is 0.326. The number of aliphatic hydroxyl groups is 3. The Morgan fingerprint density at radius 3 is 2.44 bits per heavy atom. The van der Waals surface area contributed by atoms with E-state index in [-0.39, 0.29) is 18.1 Å². The van der Waals surface area contributed by atoms with Crippen LogP contribution in [-0.2, 0) is 5.41 Å². The Hall–Kier alpha value is -4.18. The highest BCUT2D eigenvalue weighted by atomic mass is 16.6. The van der Waals surface area contributed by atoms with E-state index in [0.29, 0.717) is 44.9 Å². The zero-order chi connectivity index (χ0) is 27.9. The Kier molecular flexibility index (Phi) is 6.90. The van der Waals surface area contributed by atoms with Crippen LogP contribution in [0.5, 0.6) is 11.5 Å². The molecule has 1 aliphatic carbocycles. The number of rotatable bonds is 7. The fourth-order valence-corrected chi connectivity index (χ4v) is 4.73. The van der Waals surface area contributed by atoms with Crippen LogP contribution in [0.4, 0.5) is 10.5 Å². The SMILES string of the molecule is CN(C(=O)Oc1ccc2c3c(oc2c1)C(C)(C)c1cc(OC[C@@H](O)C(O)CO)ccc1C3=O)c1ccccc1. The van der Waals surface area contributed by atoms with Crippen LogP contribution in [0.15, 0.2) is 71.1 Å². The summed E-state index contributed by atoms with van der Waals surface area (Å²) in [7, 11) is 1.62. The smallest absolute Gasteiger partial charge is 0.419 e. The molecule has 0 saturated carbocycles. The number of ketones is 1. The fourth-order valence-electron chi connectivity index (χ4n) is 4.73. The van der Waals surface area contributed by atoms with Gasteiger partial charge in [0.05, 0.1) is 12.2 Å². The standard InChI is InChI=1S/C30H29NO8/c1-30(2)22-13-18(37-16-24(34)23(33)15-32)9-11-20(22)27(35)26-21-12-10-19(14-25(21)39-28(26)30)38-29(36)31(3)17-7-5-4-6-8-17/h4-14,23-24,32-34H,15-16H2,1-3H3/t23?,24-/m1/s1. The van der Waals surface area contributed by atoms with Gasteiger partial charge in [-0.25, -0.2) is 4.79 Å². The van der Waals surface area contributed by atoms with Crippen molar-refractivity contribution in [2.75, 3.05) is 25.2 Å². The number of carbonyl (C=O) groups excluding carboxylic acids is 2. The molecular weight excluding hydrogens is 502 g/mol. The van der Waals surface area contributed by atoms with Gasteiger partial charge >= 0.3 is 6.09 Å². The summed E-state index contributed by atoms with van der Waals surface area (Å²) in [4.78, 5) is 27.7. The monoisotopic (exact) mass is 531 g/mol. The highest BCUT2D eigenvalue weighted by molar-refractivity contribution is 6.19. The van der Waals surface area contributed by atoms with Gasteiger partial charge in [0.15, 0.2) is 5.78 Å². The lowest BCUT2D eigenvalue weighted by atomic mass is 9.71. The maximum atomic E-state index is 13.6. The first-order chi connectivity index (χ1) is 18.6. The maximum absolute atomic E-state index is 13.6. The number of furan rings is 1. The number of para-hydroxylation sites is 1. The third kappa shape index (κ3) is 4.76. The van der Waals surface area contributed by atoms with E-state index in [0.717, 1.165) is 0 Å². The molecule has 1 aromatic heterocycles. The normalized spacial score (nSPS) is 15.3. The molecule has 3 aromatic carbocycles. The largest absolute Gasteiger partial charge is 0.491 e. The van der Waals surface area contributed by atoms with Gasteiger partial charge in [-0.2, -0.15) is 0 Å². The minimum Gasteiger partial charge on any atom is -0.491 e. The van der Waals surface area contributed by atoms with Crippen LogP contribution in [0, 0.1) is 0 Å². The Morgan fingerprint density at radius 1 is 1.00 bits per heavy atom. The van der Waals surface area contributed by atoms with Crippen molar-refractivity contribution in [2.45, 2.75) is 31.5 Å². The molecule has 0 bridgehead atoms. The van der Waals surface area contributed by atoms with Crippen molar-refractivity contribution in [3.05, 3.63) is 89.2 Å². The zero-order valence-corrected chi connectivity index (χ0v) is 21.7. The maximum Gasteiger partial charge on any atom is 0.419 e. The molecule has 0 radical (unpaired) electrons. The molecule has 0 aliphatic heterocycles. The molecule has 1 heterocycles. The molecule has 39 heavy (non-hydrogen) atoms. The molecule has 0 fully saturated rings. The number of anilines is 1. The summed E-state index contributed by atoms with van der Waals surface area (Å²) in [5.74, 6) is 0.959. The number of nitrogens with zero attached hydrogens (tertiary/aromatic N) is 1. The zero-order valence-electron chi connectivity index (χ0n) is 21.7. The number of hydrogen-bond acceptors (Lipinski definition) is 8. The topological polar surface area (TPSA) is 130 Å². The minimum absolute atomic E-state index is 0.200. The third-order valence-corrected chi connectivity index (χ3v) is 7.04. The van der Waals surface area contributed by atoms with Crippen molar-refractivity contribution in [3.63, 3.8) is 0 Å². The van der Waals surface area contributed by atoms with Gasteiger partial charge in [-0.15, -0.1) is 0 Å². The van der Waals surface area contributed by atoms with E-state index >= 15 is 0 Å². The van der Waals surface area contributed by atoms with Crippen LogP contribution in [0.1, 0.15) is 41.1 Å². The first-order valence-corrected chi connectivity index (χ1v) is 12.5. The lowest BCUT2D eigenvalue weighted by Crippen LogP contribution is -2.34. The Labute approximate surface area is 224 Å². The van der Waals surface area contributed by atoms with E-state index in [4.69, 9.17) is 19.0 Å². The van der Waals surface area contributed by atoms with Gasteiger partial charge in [0.1, 0.15) is 41.7 Å². The summed E-state index contributed by atoms with van der Waals surface area (Å²) in [6.07, 6.45) is -3.15. The molecule has 1 unspecified atom stereocenters. The van der Waals surface area contributed by atoms with Crippen molar-refractivity contribution in [1.29, 1.82) is 0 Å². The average Bonchev–Trinajstić information content (AvgIpc) is 3.34.